The predicted molar refractivity (Wildman–Crippen MR) is 64.8 cm³/mol. The Kier molecular flexibility index (Phi) is 5.73. The van der Waals surface area contributed by atoms with E-state index in [9.17, 15) is 18.3 Å². The molecule has 19 heavy (non-hydrogen) atoms. The second-order valence-corrected chi connectivity index (χ2v) is 4.47. The molecule has 0 aliphatic heterocycles. The monoisotopic (exact) mass is 318 g/mol. The highest BCUT2D eigenvalue weighted by Crippen LogP contribution is 2.34. The van der Waals surface area contributed by atoms with E-state index in [0.29, 0.717) is 5.75 Å². The molecule has 3 nitrogen and oxygen atoms in total. The molecule has 0 radical (unpaired) electrons. The van der Waals surface area contributed by atoms with Crippen molar-refractivity contribution in [3.8, 4) is 5.75 Å². The molecular weight excluding hydrogens is 308 g/mol. The van der Waals surface area contributed by atoms with E-state index in [4.69, 9.17) is 27.9 Å². The lowest BCUT2D eigenvalue weighted by Gasteiger charge is -2.15. The first kappa shape index (κ1) is 16.4. The molecule has 0 saturated carbocycles. The van der Waals surface area contributed by atoms with E-state index in [-0.39, 0.29) is 15.6 Å². The van der Waals surface area contributed by atoms with Gasteiger partial charge in [0.2, 0.25) is 0 Å². The smallest absolute Gasteiger partial charge is 0.411 e. The zero-order chi connectivity index (χ0) is 14.6. The van der Waals surface area contributed by atoms with Gasteiger partial charge >= 0.3 is 6.18 Å². The number of aliphatic hydroxyl groups excluding tert-OH is 1. The van der Waals surface area contributed by atoms with Gasteiger partial charge in [-0.05, 0) is 6.07 Å². The van der Waals surface area contributed by atoms with Crippen LogP contribution in [0.25, 0.3) is 0 Å². The maximum atomic E-state index is 11.9. The van der Waals surface area contributed by atoms with Crippen LogP contribution in [0, 0.1) is 0 Å². The minimum Gasteiger partial charge on any atom is -0.495 e. The molecule has 1 rings (SSSR count). The van der Waals surface area contributed by atoms with Gasteiger partial charge in [-0.25, -0.2) is 0 Å². The third-order valence-electron chi connectivity index (χ3n) is 2.17. The normalized spacial score (nSPS) is 13.4. The van der Waals surface area contributed by atoms with E-state index in [1.165, 1.54) is 19.2 Å². The fourth-order valence-electron chi connectivity index (χ4n) is 1.33. The van der Waals surface area contributed by atoms with Crippen LogP contribution in [-0.2, 0) is 4.74 Å². The Balaban J connectivity index is 2.72. The molecule has 0 aliphatic rings. The van der Waals surface area contributed by atoms with Crippen LogP contribution in [0.1, 0.15) is 11.7 Å². The second kappa shape index (κ2) is 6.65. The van der Waals surface area contributed by atoms with Gasteiger partial charge in [-0.3, -0.25) is 0 Å². The third-order valence-corrected chi connectivity index (χ3v) is 2.79. The van der Waals surface area contributed by atoms with E-state index in [1.54, 1.807) is 0 Å². The summed E-state index contributed by atoms with van der Waals surface area (Å²) in [5.74, 6) is 0.304. The molecule has 1 atom stereocenters. The molecule has 0 heterocycles. The first-order valence-electron chi connectivity index (χ1n) is 5.10. The quantitative estimate of drug-likeness (QED) is 0.901. The van der Waals surface area contributed by atoms with Crippen LogP contribution in [0.4, 0.5) is 13.2 Å². The fourth-order valence-corrected chi connectivity index (χ4v) is 1.86. The van der Waals surface area contributed by atoms with Crippen LogP contribution in [0.15, 0.2) is 12.1 Å². The molecule has 1 aromatic rings. The maximum Gasteiger partial charge on any atom is 0.411 e. The summed E-state index contributed by atoms with van der Waals surface area (Å²) in [4.78, 5) is 0. The molecule has 0 aliphatic carbocycles. The Morgan fingerprint density at radius 3 is 2.42 bits per heavy atom. The van der Waals surface area contributed by atoms with Crippen molar-refractivity contribution >= 4 is 23.2 Å². The summed E-state index contributed by atoms with van der Waals surface area (Å²) < 4.78 is 44.9. The zero-order valence-electron chi connectivity index (χ0n) is 9.80. The van der Waals surface area contributed by atoms with E-state index < -0.39 is 25.5 Å². The van der Waals surface area contributed by atoms with Crippen molar-refractivity contribution in [3.63, 3.8) is 0 Å². The van der Waals surface area contributed by atoms with Crippen LogP contribution in [0.2, 0.25) is 10.0 Å². The lowest BCUT2D eigenvalue weighted by Crippen LogP contribution is -2.19. The van der Waals surface area contributed by atoms with Crippen molar-refractivity contribution < 1.29 is 27.8 Å². The third kappa shape index (κ3) is 5.06. The minimum atomic E-state index is -4.44. The molecule has 0 saturated heterocycles. The van der Waals surface area contributed by atoms with Gasteiger partial charge in [0, 0.05) is 11.6 Å². The zero-order valence-corrected chi connectivity index (χ0v) is 11.3. The number of halogens is 5. The van der Waals surface area contributed by atoms with Crippen LogP contribution in [0.3, 0.4) is 0 Å². The maximum absolute atomic E-state index is 11.9. The summed E-state index contributed by atoms with van der Waals surface area (Å²) in [6.45, 7) is -1.98. The summed E-state index contributed by atoms with van der Waals surface area (Å²) in [7, 11) is 1.39. The van der Waals surface area contributed by atoms with E-state index in [0.717, 1.165) is 0 Å². The number of rotatable bonds is 5. The lowest BCUT2D eigenvalue weighted by molar-refractivity contribution is -0.179. The number of methoxy groups -OCH3 is 1. The second-order valence-electron chi connectivity index (χ2n) is 3.65. The largest absolute Gasteiger partial charge is 0.495 e. The van der Waals surface area contributed by atoms with Gasteiger partial charge in [0.1, 0.15) is 18.5 Å². The van der Waals surface area contributed by atoms with Crippen molar-refractivity contribution in [1.82, 2.24) is 0 Å². The van der Waals surface area contributed by atoms with Crippen LogP contribution in [-0.4, -0.2) is 31.6 Å². The molecule has 8 heteroatoms. The molecule has 0 bridgehead atoms. The van der Waals surface area contributed by atoms with E-state index in [2.05, 4.69) is 4.74 Å². The topological polar surface area (TPSA) is 38.7 Å². The Hall–Kier alpha value is -0.690. The van der Waals surface area contributed by atoms with Crippen molar-refractivity contribution in [2.75, 3.05) is 20.3 Å². The molecule has 1 N–H and O–H groups in total. The first-order chi connectivity index (χ1) is 8.74. The summed E-state index contributed by atoms with van der Waals surface area (Å²) >= 11 is 11.7. The average molecular weight is 319 g/mol. The molecule has 0 amide bonds. The Bertz CT molecular complexity index is 438. The summed E-state index contributed by atoms with van der Waals surface area (Å²) in [5, 5.41) is 10.0. The number of aliphatic hydroxyl groups is 1. The highest BCUT2D eigenvalue weighted by atomic mass is 35.5. The van der Waals surface area contributed by atoms with Crippen molar-refractivity contribution in [1.29, 1.82) is 0 Å². The Morgan fingerprint density at radius 1 is 1.26 bits per heavy atom. The number of hydrogen-bond acceptors (Lipinski definition) is 3. The molecular formula is C11H11Cl2F3O3. The number of alkyl halides is 3. The van der Waals surface area contributed by atoms with Crippen LogP contribution >= 0.6 is 23.2 Å². The first-order valence-corrected chi connectivity index (χ1v) is 5.85. The van der Waals surface area contributed by atoms with Crippen LogP contribution < -0.4 is 4.74 Å². The van der Waals surface area contributed by atoms with Gasteiger partial charge in [-0.1, -0.05) is 23.2 Å². The molecule has 0 spiro atoms. The Morgan fingerprint density at radius 2 is 1.89 bits per heavy atom. The molecule has 1 aromatic carbocycles. The van der Waals surface area contributed by atoms with Crippen molar-refractivity contribution in [2.45, 2.75) is 12.3 Å². The van der Waals surface area contributed by atoms with Gasteiger partial charge in [-0.2, -0.15) is 13.2 Å². The van der Waals surface area contributed by atoms with Crippen molar-refractivity contribution in [2.24, 2.45) is 0 Å². The Labute approximate surface area is 117 Å². The highest BCUT2D eigenvalue weighted by Gasteiger charge is 2.28. The summed E-state index contributed by atoms with van der Waals surface area (Å²) in [6, 6.07) is 2.69. The predicted octanol–water partition coefficient (Wildman–Crippen LogP) is 3.61. The van der Waals surface area contributed by atoms with Gasteiger partial charge in [-0.15, -0.1) is 0 Å². The van der Waals surface area contributed by atoms with Crippen molar-refractivity contribution in [3.05, 3.63) is 27.7 Å². The fraction of sp³-hybridized carbons (Fsp3) is 0.455. The average Bonchev–Trinajstić information content (AvgIpc) is 2.29. The van der Waals surface area contributed by atoms with Gasteiger partial charge < -0.3 is 14.6 Å². The number of benzene rings is 1. The molecule has 0 fully saturated rings. The SMILES string of the molecule is COc1cc(Cl)c(C(O)COCC(F)(F)F)cc1Cl. The van der Waals surface area contributed by atoms with Gasteiger partial charge in [0.15, 0.2) is 0 Å². The summed E-state index contributed by atoms with van der Waals surface area (Å²) in [5.41, 5.74) is 0.176. The molecule has 108 valence electrons. The van der Waals surface area contributed by atoms with Gasteiger partial charge in [0.25, 0.3) is 0 Å². The van der Waals surface area contributed by atoms with Crippen LogP contribution in [0.5, 0.6) is 5.75 Å². The van der Waals surface area contributed by atoms with E-state index in [1.807, 2.05) is 0 Å². The lowest BCUT2D eigenvalue weighted by atomic mass is 10.1. The number of ether oxygens (including phenoxy) is 2. The molecule has 0 aromatic heterocycles. The van der Waals surface area contributed by atoms with Gasteiger partial charge in [0.05, 0.1) is 23.8 Å². The minimum absolute atomic E-state index is 0.129. The summed E-state index contributed by atoms with van der Waals surface area (Å²) in [6.07, 6.45) is -5.75. The number of hydrogen-bond donors (Lipinski definition) is 1. The molecule has 1 unspecified atom stereocenters. The standard InChI is InChI=1S/C11H11Cl2F3O3/c1-18-10-3-7(12)6(2-8(10)13)9(17)4-19-5-11(14,15)16/h2-3,9,17H,4-5H2,1H3. The highest BCUT2D eigenvalue weighted by molar-refractivity contribution is 6.34. The van der Waals surface area contributed by atoms with E-state index >= 15 is 0 Å².